The number of H-pyrrole nitrogens is 1. The number of aromatic amines is 1. The van der Waals surface area contributed by atoms with E-state index >= 15 is 0 Å². The van der Waals surface area contributed by atoms with Crippen LogP contribution in [-0.4, -0.2) is 84.7 Å². The van der Waals surface area contributed by atoms with Crippen molar-refractivity contribution in [2.45, 2.75) is 13.0 Å². The summed E-state index contributed by atoms with van der Waals surface area (Å²) in [5.41, 5.74) is 10.5. The number of carbonyl (C=O) groups excluding carboxylic acids is 1. The summed E-state index contributed by atoms with van der Waals surface area (Å²) in [6.07, 6.45) is 2.65. The average molecular weight is 571 g/mol. The molecule has 2 aromatic carbocycles. The summed E-state index contributed by atoms with van der Waals surface area (Å²) in [5.74, 6) is -0.0826. The summed E-state index contributed by atoms with van der Waals surface area (Å²) in [6.45, 7) is 5.64. The molecule has 0 saturated carbocycles. The van der Waals surface area contributed by atoms with Gasteiger partial charge in [0, 0.05) is 87.5 Å². The van der Waals surface area contributed by atoms with Crippen molar-refractivity contribution in [1.29, 1.82) is 5.41 Å². The Bertz CT molecular complexity index is 1620. The largest absolute Gasteiger partial charge is 0.370 e. The average Bonchev–Trinajstić information content (AvgIpc) is 3.41. The number of benzene rings is 2. The highest BCUT2D eigenvalue weighted by Gasteiger charge is 2.18. The Morgan fingerprint density at radius 3 is 2.55 bits per heavy atom. The SMILES string of the molecule is CN(C)C(=O)c1cc(-c2cc3cn(-c4ccc(CNCCCNC(=N)N)cc4)c(=O)nc3[nH]2)cc(N2CCNCC2)c1. The van der Waals surface area contributed by atoms with Crippen molar-refractivity contribution < 1.29 is 4.79 Å². The van der Waals surface area contributed by atoms with Gasteiger partial charge in [-0.1, -0.05) is 12.1 Å². The van der Waals surface area contributed by atoms with E-state index in [1.165, 1.54) is 0 Å². The number of rotatable bonds is 10. The summed E-state index contributed by atoms with van der Waals surface area (Å²) in [6, 6.07) is 15.7. The molecular weight excluding hydrogens is 532 g/mol. The lowest BCUT2D eigenvalue weighted by molar-refractivity contribution is 0.0827. The monoisotopic (exact) mass is 570 g/mol. The number of carbonyl (C=O) groups is 1. The molecule has 1 amide bonds. The van der Waals surface area contributed by atoms with E-state index in [9.17, 15) is 9.59 Å². The molecule has 0 atom stereocenters. The van der Waals surface area contributed by atoms with Gasteiger partial charge in [0.25, 0.3) is 5.91 Å². The number of nitrogens with zero attached hydrogens (tertiary/aromatic N) is 4. The van der Waals surface area contributed by atoms with Crippen LogP contribution in [0.25, 0.3) is 28.0 Å². The Kier molecular flexibility index (Phi) is 8.84. The third-order valence-electron chi connectivity index (χ3n) is 7.26. The molecule has 7 N–H and O–H groups in total. The second-order valence-electron chi connectivity index (χ2n) is 10.6. The van der Waals surface area contributed by atoms with Gasteiger partial charge in [-0.2, -0.15) is 4.98 Å². The first-order valence-corrected chi connectivity index (χ1v) is 14.1. The van der Waals surface area contributed by atoms with Gasteiger partial charge in [0.15, 0.2) is 5.96 Å². The van der Waals surface area contributed by atoms with Crippen molar-refractivity contribution in [3.05, 3.63) is 76.3 Å². The van der Waals surface area contributed by atoms with E-state index in [1.807, 2.05) is 42.5 Å². The van der Waals surface area contributed by atoms with E-state index < -0.39 is 0 Å². The zero-order valence-corrected chi connectivity index (χ0v) is 24.0. The van der Waals surface area contributed by atoms with Gasteiger partial charge in [-0.05, 0) is 54.9 Å². The first-order valence-electron chi connectivity index (χ1n) is 14.1. The number of amides is 1. The Balaban J connectivity index is 1.37. The molecule has 1 saturated heterocycles. The lowest BCUT2D eigenvalue weighted by atomic mass is 10.0. The third-order valence-corrected chi connectivity index (χ3v) is 7.26. The van der Waals surface area contributed by atoms with Crippen LogP contribution in [0, 0.1) is 5.41 Å². The number of nitrogens with one attached hydrogen (secondary N) is 5. The maximum Gasteiger partial charge on any atom is 0.354 e. The molecule has 1 aliphatic rings. The van der Waals surface area contributed by atoms with Crippen LogP contribution in [0.3, 0.4) is 0 Å². The Labute approximate surface area is 244 Å². The number of anilines is 1. The van der Waals surface area contributed by atoms with Crippen LogP contribution in [0.15, 0.2) is 59.5 Å². The molecule has 220 valence electrons. The van der Waals surface area contributed by atoms with Crippen LogP contribution in [0.1, 0.15) is 22.3 Å². The lowest BCUT2D eigenvalue weighted by Gasteiger charge is -2.30. The molecule has 0 aliphatic carbocycles. The van der Waals surface area contributed by atoms with Gasteiger partial charge in [-0.25, -0.2) is 4.79 Å². The fraction of sp³-hybridized carbons (Fsp3) is 0.333. The van der Waals surface area contributed by atoms with Crippen LogP contribution in [0.2, 0.25) is 0 Å². The zero-order chi connectivity index (χ0) is 29.6. The van der Waals surface area contributed by atoms with Gasteiger partial charge >= 0.3 is 5.69 Å². The summed E-state index contributed by atoms with van der Waals surface area (Å²) in [5, 5.41) is 17.5. The summed E-state index contributed by atoms with van der Waals surface area (Å²) in [4.78, 5) is 37.4. The van der Waals surface area contributed by atoms with Gasteiger partial charge in [-0.3, -0.25) is 14.8 Å². The highest BCUT2D eigenvalue weighted by molar-refractivity contribution is 5.97. The van der Waals surface area contributed by atoms with Gasteiger partial charge < -0.3 is 36.5 Å². The molecule has 4 aromatic rings. The zero-order valence-electron chi connectivity index (χ0n) is 24.0. The van der Waals surface area contributed by atoms with Crippen LogP contribution >= 0.6 is 0 Å². The number of nitrogens with two attached hydrogens (primary N) is 1. The van der Waals surface area contributed by atoms with E-state index in [4.69, 9.17) is 11.1 Å². The fourth-order valence-corrected chi connectivity index (χ4v) is 5.03. The van der Waals surface area contributed by atoms with E-state index in [0.29, 0.717) is 24.3 Å². The predicted octanol–water partition coefficient (Wildman–Crippen LogP) is 1.45. The Hall–Kier alpha value is -4.68. The number of hydrogen-bond acceptors (Lipinski definition) is 7. The molecule has 12 heteroatoms. The van der Waals surface area contributed by atoms with Crippen molar-refractivity contribution in [2.24, 2.45) is 5.73 Å². The molecule has 2 aromatic heterocycles. The number of guanidine groups is 1. The molecule has 3 heterocycles. The molecule has 0 radical (unpaired) electrons. The minimum atomic E-state index is -0.377. The van der Waals surface area contributed by atoms with E-state index in [1.54, 1.807) is 29.8 Å². The molecular formula is C30H38N10O2. The maximum atomic E-state index is 13.0. The van der Waals surface area contributed by atoms with Crippen LogP contribution in [0.4, 0.5) is 5.69 Å². The van der Waals surface area contributed by atoms with Crippen molar-refractivity contribution >= 4 is 28.6 Å². The van der Waals surface area contributed by atoms with Crippen LogP contribution in [-0.2, 0) is 6.54 Å². The molecule has 1 aliphatic heterocycles. The minimum Gasteiger partial charge on any atom is -0.370 e. The van der Waals surface area contributed by atoms with Crippen LogP contribution < -0.4 is 32.3 Å². The topological polar surface area (TPSA) is 160 Å². The Morgan fingerprint density at radius 1 is 1.07 bits per heavy atom. The van der Waals surface area contributed by atoms with Gasteiger partial charge in [0.2, 0.25) is 0 Å². The molecule has 0 bridgehead atoms. The lowest BCUT2D eigenvalue weighted by Crippen LogP contribution is -2.43. The fourth-order valence-electron chi connectivity index (χ4n) is 5.03. The molecule has 0 unspecified atom stereocenters. The smallest absolute Gasteiger partial charge is 0.354 e. The van der Waals surface area contributed by atoms with E-state index in [2.05, 4.69) is 36.9 Å². The number of piperazine rings is 1. The Morgan fingerprint density at radius 2 is 1.83 bits per heavy atom. The molecule has 5 rings (SSSR count). The minimum absolute atomic E-state index is 0.0185. The van der Waals surface area contributed by atoms with E-state index in [-0.39, 0.29) is 17.6 Å². The van der Waals surface area contributed by atoms with Gasteiger partial charge in [-0.15, -0.1) is 0 Å². The first-order chi connectivity index (χ1) is 20.3. The summed E-state index contributed by atoms with van der Waals surface area (Å²) in [7, 11) is 3.50. The predicted molar refractivity (Wildman–Crippen MR) is 166 cm³/mol. The van der Waals surface area contributed by atoms with E-state index in [0.717, 1.165) is 72.7 Å². The summed E-state index contributed by atoms with van der Waals surface area (Å²) >= 11 is 0. The number of fused-ring (bicyclic) bond motifs is 1. The van der Waals surface area contributed by atoms with Gasteiger partial charge in [0.05, 0.1) is 5.69 Å². The molecule has 1 fully saturated rings. The van der Waals surface area contributed by atoms with Gasteiger partial charge in [0.1, 0.15) is 5.65 Å². The molecule has 42 heavy (non-hydrogen) atoms. The third kappa shape index (κ3) is 6.78. The van der Waals surface area contributed by atoms with Crippen molar-refractivity contribution in [2.75, 3.05) is 58.3 Å². The second-order valence-corrected chi connectivity index (χ2v) is 10.6. The highest BCUT2D eigenvalue weighted by Crippen LogP contribution is 2.29. The van der Waals surface area contributed by atoms with Crippen LogP contribution in [0.5, 0.6) is 0 Å². The summed E-state index contributed by atoms with van der Waals surface area (Å²) < 4.78 is 1.54. The number of aromatic nitrogens is 3. The number of hydrogen-bond donors (Lipinski definition) is 6. The van der Waals surface area contributed by atoms with Crippen molar-refractivity contribution in [3.63, 3.8) is 0 Å². The normalized spacial score (nSPS) is 13.3. The highest BCUT2D eigenvalue weighted by atomic mass is 16.2. The second kappa shape index (κ2) is 12.9. The van der Waals surface area contributed by atoms with Crippen molar-refractivity contribution in [3.8, 4) is 16.9 Å². The first kappa shape index (κ1) is 28.8. The quantitative estimate of drug-likeness (QED) is 0.0949. The van der Waals surface area contributed by atoms with Crippen molar-refractivity contribution in [1.82, 2.24) is 35.4 Å². The maximum absolute atomic E-state index is 13.0. The standard InChI is InChI=1S/C30H38N10O2/c1-38(2)28(41)22-14-21(15-25(16-22)39-12-10-33-11-13-39)26-17-23-19-40(30(42)37-27(23)36-26)24-6-4-20(5-7-24)18-34-8-3-9-35-29(31)32/h4-7,14-17,19,33-34H,3,8-13,18H2,1-2H3,(H4,31,32,35)(H,36,37,42). The molecule has 0 spiro atoms. The molecule has 12 nitrogen and oxygen atoms in total.